The van der Waals surface area contributed by atoms with E-state index < -0.39 is 6.04 Å². The van der Waals surface area contributed by atoms with Gasteiger partial charge < -0.3 is 14.6 Å². The summed E-state index contributed by atoms with van der Waals surface area (Å²) >= 11 is 1.61. The summed E-state index contributed by atoms with van der Waals surface area (Å²) in [6.45, 7) is 0.661. The predicted octanol–water partition coefficient (Wildman–Crippen LogP) is 5.74. The maximum absolute atomic E-state index is 13.6. The van der Waals surface area contributed by atoms with E-state index in [1.54, 1.807) is 42.5 Å². The second-order valence-electron chi connectivity index (χ2n) is 9.12. The van der Waals surface area contributed by atoms with Gasteiger partial charge in [-0.05, 0) is 85.1 Å². The number of allylic oxidation sites excluding steroid dienone is 1. The van der Waals surface area contributed by atoms with Crippen LogP contribution >= 0.6 is 11.8 Å². The predicted molar refractivity (Wildman–Crippen MR) is 146 cm³/mol. The van der Waals surface area contributed by atoms with Crippen molar-refractivity contribution < 1.29 is 18.7 Å². The van der Waals surface area contributed by atoms with Gasteiger partial charge in [0.05, 0.1) is 6.33 Å². The molecule has 0 saturated heterocycles. The first-order valence-corrected chi connectivity index (χ1v) is 14.0. The third-order valence-electron chi connectivity index (χ3n) is 6.41. The summed E-state index contributed by atoms with van der Waals surface area (Å²) in [6.07, 6.45) is 15.6. The SMILES string of the molecule is CSCC[C@H](NC(=O)c1ccc(/C=C/Cn2ccnc2)cc1-c1ccc(F)cc1)C(=O)OC1CCCC1. The molecule has 0 spiro atoms. The van der Waals surface area contributed by atoms with Gasteiger partial charge in [-0.1, -0.05) is 30.4 Å². The van der Waals surface area contributed by atoms with Crippen LogP contribution in [-0.2, 0) is 16.1 Å². The molecule has 3 aromatic rings. The zero-order chi connectivity index (χ0) is 26.0. The molecule has 0 bridgehead atoms. The van der Waals surface area contributed by atoms with E-state index in [-0.39, 0.29) is 23.8 Å². The molecule has 1 aliphatic carbocycles. The fourth-order valence-electron chi connectivity index (χ4n) is 4.41. The highest BCUT2D eigenvalue weighted by molar-refractivity contribution is 7.98. The number of aromatic nitrogens is 2. The van der Waals surface area contributed by atoms with E-state index in [4.69, 9.17) is 4.74 Å². The average Bonchev–Trinajstić information content (AvgIpc) is 3.61. The molecule has 1 aliphatic rings. The van der Waals surface area contributed by atoms with E-state index in [0.717, 1.165) is 37.0 Å². The zero-order valence-electron chi connectivity index (χ0n) is 20.9. The normalized spacial score (nSPS) is 14.6. The third kappa shape index (κ3) is 7.55. The summed E-state index contributed by atoms with van der Waals surface area (Å²) in [5, 5.41) is 2.92. The van der Waals surface area contributed by atoms with Crippen LogP contribution < -0.4 is 5.32 Å². The lowest BCUT2D eigenvalue weighted by Crippen LogP contribution is -2.43. The average molecular weight is 522 g/mol. The van der Waals surface area contributed by atoms with E-state index in [1.165, 1.54) is 12.1 Å². The number of amides is 1. The molecule has 1 fully saturated rings. The Labute approximate surface area is 221 Å². The lowest BCUT2D eigenvalue weighted by atomic mass is 9.96. The van der Waals surface area contributed by atoms with Gasteiger partial charge in [0.15, 0.2) is 0 Å². The van der Waals surface area contributed by atoms with E-state index in [2.05, 4.69) is 10.3 Å². The van der Waals surface area contributed by atoms with Gasteiger partial charge in [0.2, 0.25) is 0 Å². The minimum absolute atomic E-state index is 0.0654. The minimum atomic E-state index is -0.726. The van der Waals surface area contributed by atoms with Gasteiger partial charge in [-0.25, -0.2) is 14.2 Å². The Bertz CT molecular complexity index is 1210. The van der Waals surface area contributed by atoms with Crippen molar-refractivity contribution in [2.24, 2.45) is 0 Å². The van der Waals surface area contributed by atoms with Crippen molar-refractivity contribution >= 4 is 29.7 Å². The summed E-state index contributed by atoms with van der Waals surface area (Å²) in [5.41, 5.74) is 2.69. The topological polar surface area (TPSA) is 73.2 Å². The summed E-state index contributed by atoms with van der Waals surface area (Å²) in [7, 11) is 0. The summed E-state index contributed by atoms with van der Waals surface area (Å²) in [6, 6.07) is 10.8. The molecule has 37 heavy (non-hydrogen) atoms. The molecule has 1 atom stereocenters. The zero-order valence-corrected chi connectivity index (χ0v) is 21.8. The maximum atomic E-state index is 13.6. The number of benzene rings is 2. The fraction of sp³-hybridized carbons (Fsp3) is 0.345. The summed E-state index contributed by atoms with van der Waals surface area (Å²) < 4.78 is 21.3. The number of halogens is 1. The van der Waals surface area contributed by atoms with Crippen LogP contribution in [0.5, 0.6) is 0 Å². The van der Waals surface area contributed by atoms with Crippen molar-refractivity contribution in [2.75, 3.05) is 12.0 Å². The number of hydrogen-bond acceptors (Lipinski definition) is 5. The van der Waals surface area contributed by atoms with Crippen molar-refractivity contribution in [3.8, 4) is 11.1 Å². The number of rotatable bonds is 11. The quantitative estimate of drug-likeness (QED) is 0.326. The summed E-state index contributed by atoms with van der Waals surface area (Å²) in [4.78, 5) is 30.4. The third-order valence-corrected chi connectivity index (χ3v) is 7.06. The summed E-state index contributed by atoms with van der Waals surface area (Å²) in [5.74, 6) is -0.367. The lowest BCUT2D eigenvalue weighted by molar-refractivity contribution is -0.151. The van der Waals surface area contributed by atoms with Crippen molar-refractivity contribution in [3.05, 3.63) is 84.2 Å². The highest BCUT2D eigenvalue weighted by atomic mass is 32.2. The lowest BCUT2D eigenvalue weighted by Gasteiger charge is -2.21. The number of carbonyl (C=O) groups excluding carboxylic acids is 2. The number of esters is 1. The Morgan fingerprint density at radius 2 is 2.00 bits per heavy atom. The second-order valence-corrected chi connectivity index (χ2v) is 10.1. The van der Waals surface area contributed by atoms with E-state index in [9.17, 15) is 14.0 Å². The smallest absolute Gasteiger partial charge is 0.328 e. The number of imidazole rings is 1. The first kappa shape index (κ1) is 26.7. The fourth-order valence-corrected chi connectivity index (χ4v) is 4.88. The molecular formula is C29H32FN3O3S. The van der Waals surface area contributed by atoms with Crippen molar-refractivity contribution in [1.29, 1.82) is 0 Å². The number of nitrogens with one attached hydrogen (secondary N) is 1. The molecule has 2 aromatic carbocycles. The number of nitrogens with zero attached hydrogens (tertiary/aromatic N) is 2. The number of thioether (sulfide) groups is 1. The number of ether oxygens (including phenoxy) is 1. The van der Waals surface area contributed by atoms with Gasteiger partial charge >= 0.3 is 5.97 Å². The van der Waals surface area contributed by atoms with Crippen molar-refractivity contribution in [2.45, 2.75) is 50.8 Å². The van der Waals surface area contributed by atoms with Gasteiger partial charge in [0.25, 0.3) is 5.91 Å². The largest absolute Gasteiger partial charge is 0.461 e. The number of carbonyl (C=O) groups is 2. The van der Waals surface area contributed by atoms with Crippen LogP contribution in [0, 0.1) is 5.82 Å². The Morgan fingerprint density at radius 1 is 1.22 bits per heavy atom. The van der Waals surface area contributed by atoms with Gasteiger partial charge in [0.1, 0.15) is 18.0 Å². The van der Waals surface area contributed by atoms with Crippen LogP contribution in [0.2, 0.25) is 0 Å². The molecule has 194 valence electrons. The van der Waals surface area contributed by atoms with E-state index >= 15 is 0 Å². The van der Waals surface area contributed by atoms with Gasteiger partial charge in [0, 0.05) is 24.5 Å². The van der Waals surface area contributed by atoms with E-state index in [1.807, 2.05) is 41.3 Å². The molecule has 0 aliphatic heterocycles. The van der Waals surface area contributed by atoms with E-state index in [0.29, 0.717) is 29.7 Å². The Morgan fingerprint density at radius 3 is 2.70 bits per heavy atom. The van der Waals surface area contributed by atoms with Crippen LogP contribution in [0.3, 0.4) is 0 Å². The molecule has 1 aromatic heterocycles. The van der Waals surface area contributed by atoms with Crippen LogP contribution in [0.15, 0.2) is 67.3 Å². The Hall–Kier alpha value is -3.39. The highest BCUT2D eigenvalue weighted by Crippen LogP contribution is 2.27. The van der Waals surface area contributed by atoms with Crippen LogP contribution in [0.1, 0.15) is 48.0 Å². The molecule has 1 N–H and O–H groups in total. The Balaban J connectivity index is 1.57. The second kappa shape index (κ2) is 13.2. The monoisotopic (exact) mass is 521 g/mol. The molecule has 1 saturated carbocycles. The molecule has 0 unspecified atom stereocenters. The van der Waals surface area contributed by atoms with Crippen molar-refractivity contribution in [1.82, 2.24) is 14.9 Å². The molecular weight excluding hydrogens is 489 g/mol. The first-order valence-electron chi connectivity index (χ1n) is 12.6. The van der Waals surface area contributed by atoms with Crippen LogP contribution in [0.4, 0.5) is 4.39 Å². The highest BCUT2D eigenvalue weighted by Gasteiger charge is 2.27. The van der Waals surface area contributed by atoms with Gasteiger partial charge in [-0.3, -0.25) is 4.79 Å². The molecule has 8 heteroatoms. The standard InChI is InChI=1S/C29H32FN3O3S/c1-37-18-14-27(29(35)36-24-6-2-3-7-24)32-28(34)25-13-8-21(5-4-16-33-17-15-31-20-33)19-26(25)22-9-11-23(30)12-10-22/h4-5,8-13,15,17,19-20,24,27H,2-3,6-7,14,16,18H2,1H3,(H,32,34)/b5-4+/t27-/m0/s1. The number of hydrogen-bond donors (Lipinski definition) is 1. The molecule has 4 rings (SSSR count). The first-order chi connectivity index (χ1) is 18.0. The molecule has 1 amide bonds. The van der Waals surface area contributed by atoms with Crippen LogP contribution in [0.25, 0.3) is 17.2 Å². The molecule has 0 radical (unpaired) electrons. The molecule has 1 heterocycles. The van der Waals surface area contributed by atoms with Gasteiger partial charge in [-0.15, -0.1) is 0 Å². The van der Waals surface area contributed by atoms with Crippen molar-refractivity contribution in [3.63, 3.8) is 0 Å². The minimum Gasteiger partial charge on any atom is -0.461 e. The van der Waals surface area contributed by atoms with Gasteiger partial charge in [-0.2, -0.15) is 11.8 Å². The van der Waals surface area contributed by atoms with Crippen LogP contribution in [-0.4, -0.2) is 45.6 Å². The maximum Gasteiger partial charge on any atom is 0.328 e. The Kier molecular flexibility index (Phi) is 9.54. The molecule has 6 nitrogen and oxygen atoms in total.